The van der Waals surface area contributed by atoms with Crippen molar-refractivity contribution in [2.45, 2.75) is 26.2 Å². The van der Waals surface area contributed by atoms with Crippen LogP contribution in [0.1, 0.15) is 45.1 Å². The monoisotopic (exact) mass is 242 g/mol. The molecule has 92 valence electrons. The van der Waals surface area contributed by atoms with E-state index in [1.807, 2.05) is 13.8 Å². The van der Waals surface area contributed by atoms with Gasteiger partial charge in [-0.3, -0.25) is 4.79 Å². The number of Topliss-reactive ketones (excluding diaryl/α,β-unsaturated/α-hetero) is 1. The van der Waals surface area contributed by atoms with Gasteiger partial charge in [0.1, 0.15) is 5.75 Å². The second-order valence-corrected chi connectivity index (χ2v) is 4.80. The number of ketones is 1. The fourth-order valence-corrected chi connectivity index (χ4v) is 2.70. The van der Waals surface area contributed by atoms with Gasteiger partial charge in [-0.1, -0.05) is 0 Å². The molecule has 1 aromatic carbocycles. The van der Waals surface area contributed by atoms with Gasteiger partial charge in [0.25, 0.3) is 0 Å². The van der Waals surface area contributed by atoms with E-state index in [9.17, 15) is 9.90 Å². The van der Waals surface area contributed by atoms with E-state index in [-0.39, 0.29) is 17.5 Å². The lowest BCUT2D eigenvalue weighted by Crippen LogP contribution is -1.98. The van der Waals surface area contributed by atoms with E-state index in [1.54, 1.807) is 18.6 Å². The highest BCUT2D eigenvalue weighted by atomic mass is 16.3. The second kappa shape index (κ2) is 3.70. The number of benzene rings is 1. The molecule has 1 atom stereocenters. The Bertz CT molecular complexity index is 630. The lowest BCUT2D eigenvalue weighted by Gasteiger charge is -2.12. The molecule has 1 aromatic heterocycles. The minimum atomic E-state index is -0.0137. The summed E-state index contributed by atoms with van der Waals surface area (Å²) in [6.45, 7) is 3.73. The molecule has 3 rings (SSSR count). The standard InChI is InChI=1S/C14H14N2O2/c1-7-8(2)14-10(4-12(7)17)9(3-13(14)18)11-5-15-6-16-11/h4-6,9,17H,3H2,1-2H3,(H,15,16). The van der Waals surface area contributed by atoms with Crippen LogP contribution >= 0.6 is 0 Å². The number of phenols is 1. The number of fused-ring (bicyclic) bond motifs is 1. The lowest BCUT2D eigenvalue weighted by atomic mass is 9.94. The van der Waals surface area contributed by atoms with Crippen molar-refractivity contribution in [2.75, 3.05) is 0 Å². The van der Waals surface area contributed by atoms with E-state index < -0.39 is 0 Å². The van der Waals surface area contributed by atoms with Crippen molar-refractivity contribution < 1.29 is 9.90 Å². The van der Waals surface area contributed by atoms with Crippen LogP contribution in [-0.4, -0.2) is 20.9 Å². The number of imidazole rings is 1. The molecule has 1 aliphatic carbocycles. The molecule has 2 aromatic rings. The topological polar surface area (TPSA) is 66.0 Å². The predicted molar refractivity (Wildman–Crippen MR) is 67.0 cm³/mol. The van der Waals surface area contributed by atoms with Crippen LogP contribution in [0.25, 0.3) is 0 Å². The zero-order chi connectivity index (χ0) is 12.9. The SMILES string of the molecule is Cc1c(O)cc2c(c1C)C(=O)CC2c1cnc[nH]1. The van der Waals surface area contributed by atoms with E-state index >= 15 is 0 Å². The number of aromatic nitrogens is 2. The molecule has 1 aliphatic rings. The van der Waals surface area contributed by atoms with Gasteiger partial charge in [0.2, 0.25) is 0 Å². The van der Waals surface area contributed by atoms with Crippen LogP contribution in [0.5, 0.6) is 5.75 Å². The summed E-state index contributed by atoms with van der Waals surface area (Å²) in [4.78, 5) is 19.2. The Morgan fingerprint density at radius 2 is 2.17 bits per heavy atom. The molecule has 4 heteroatoms. The number of nitrogens with one attached hydrogen (secondary N) is 1. The van der Waals surface area contributed by atoms with Crippen LogP contribution in [0.15, 0.2) is 18.6 Å². The first-order valence-corrected chi connectivity index (χ1v) is 5.94. The minimum absolute atomic E-state index is 0.0137. The van der Waals surface area contributed by atoms with E-state index in [4.69, 9.17) is 0 Å². The van der Waals surface area contributed by atoms with Gasteiger partial charge in [0, 0.05) is 29.8 Å². The summed E-state index contributed by atoms with van der Waals surface area (Å²) in [5.41, 5.74) is 4.27. The fourth-order valence-electron chi connectivity index (χ4n) is 2.70. The van der Waals surface area contributed by atoms with Crippen molar-refractivity contribution in [1.82, 2.24) is 9.97 Å². The van der Waals surface area contributed by atoms with Gasteiger partial charge >= 0.3 is 0 Å². The maximum Gasteiger partial charge on any atom is 0.164 e. The van der Waals surface area contributed by atoms with Gasteiger partial charge in [0.05, 0.1) is 6.33 Å². The van der Waals surface area contributed by atoms with Crippen LogP contribution in [0.2, 0.25) is 0 Å². The third-order valence-electron chi connectivity index (χ3n) is 3.84. The Hall–Kier alpha value is -2.10. The number of carbonyl (C=O) groups is 1. The first-order chi connectivity index (χ1) is 8.59. The highest BCUT2D eigenvalue weighted by Crippen LogP contribution is 2.42. The van der Waals surface area contributed by atoms with Crippen molar-refractivity contribution >= 4 is 5.78 Å². The summed E-state index contributed by atoms with van der Waals surface area (Å²) in [5, 5.41) is 9.93. The number of nitrogens with zero attached hydrogens (tertiary/aromatic N) is 1. The number of H-pyrrole nitrogens is 1. The number of hydrogen-bond acceptors (Lipinski definition) is 3. The molecular weight excluding hydrogens is 228 g/mol. The molecular formula is C14H14N2O2. The second-order valence-electron chi connectivity index (χ2n) is 4.80. The third-order valence-corrected chi connectivity index (χ3v) is 3.84. The molecule has 18 heavy (non-hydrogen) atoms. The molecule has 0 radical (unpaired) electrons. The van der Waals surface area contributed by atoms with Crippen molar-refractivity contribution in [2.24, 2.45) is 0 Å². The number of aromatic hydroxyl groups is 1. The Morgan fingerprint density at radius 3 is 2.83 bits per heavy atom. The number of hydrogen-bond donors (Lipinski definition) is 2. The summed E-state index contributed by atoms with van der Waals surface area (Å²) in [7, 11) is 0. The summed E-state index contributed by atoms with van der Waals surface area (Å²) in [5.74, 6) is 0.385. The minimum Gasteiger partial charge on any atom is -0.508 e. The zero-order valence-corrected chi connectivity index (χ0v) is 10.3. The Balaban J connectivity index is 2.23. The fraction of sp³-hybridized carbons (Fsp3) is 0.286. The van der Waals surface area contributed by atoms with Gasteiger partial charge in [-0.15, -0.1) is 0 Å². The quantitative estimate of drug-likeness (QED) is 0.807. The Morgan fingerprint density at radius 1 is 1.39 bits per heavy atom. The first-order valence-electron chi connectivity index (χ1n) is 5.94. The van der Waals surface area contributed by atoms with Crippen molar-refractivity contribution in [3.05, 3.63) is 46.5 Å². The van der Waals surface area contributed by atoms with E-state index in [1.165, 1.54) is 0 Å². The van der Waals surface area contributed by atoms with Gasteiger partial charge in [0.15, 0.2) is 5.78 Å². The summed E-state index contributed by atoms with van der Waals surface area (Å²) in [6.07, 6.45) is 3.79. The summed E-state index contributed by atoms with van der Waals surface area (Å²) in [6, 6.07) is 1.72. The normalized spacial score (nSPS) is 18.1. The van der Waals surface area contributed by atoms with Gasteiger partial charge in [-0.25, -0.2) is 4.98 Å². The van der Waals surface area contributed by atoms with Crippen LogP contribution in [0, 0.1) is 13.8 Å². The molecule has 2 N–H and O–H groups in total. The molecule has 0 spiro atoms. The van der Waals surface area contributed by atoms with E-state index in [0.29, 0.717) is 6.42 Å². The van der Waals surface area contributed by atoms with Crippen LogP contribution < -0.4 is 0 Å². The van der Waals surface area contributed by atoms with Gasteiger partial charge < -0.3 is 10.1 Å². The number of rotatable bonds is 1. The lowest BCUT2D eigenvalue weighted by molar-refractivity contribution is 0.0990. The number of carbonyl (C=O) groups excluding carboxylic acids is 1. The molecule has 1 heterocycles. The highest BCUT2D eigenvalue weighted by molar-refractivity contribution is 6.03. The Labute approximate surface area is 105 Å². The molecule has 0 bridgehead atoms. The van der Waals surface area contributed by atoms with Crippen LogP contribution in [0.3, 0.4) is 0 Å². The molecule has 0 aliphatic heterocycles. The Kier molecular flexibility index (Phi) is 2.26. The van der Waals surface area contributed by atoms with Crippen LogP contribution in [-0.2, 0) is 0 Å². The number of aromatic amines is 1. The van der Waals surface area contributed by atoms with Gasteiger partial charge in [-0.05, 0) is 36.6 Å². The molecule has 1 unspecified atom stereocenters. The molecule has 0 fully saturated rings. The van der Waals surface area contributed by atoms with Crippen molar-refractivity contribution in [1.29, 1.82) is 0 Å². The predicted octanol–water partition coefficient (Wildman–Crippen LogP) is 2.45. The molecule has 0 amide bonds. The molecule has 0 saturated heterocycles. The highest BCUT2D eigenvalue weighted by Gasteiger charge is 2.33. The van der Waals surface area contributed by atoms with Crippen LogP contribution in [0.4, 0.5) is 0 Å². The van der Waals surface area contributed by atoms with Crippen molar-refractivity contribution in [3.63, 3.8) is 0 Å². The maximum atomic E-state index is 12.1. The third kappa shape index (κ3) is 1.38. The molecule has 4 nitrogen and oxygen atoms in total. The summed E-state index contributed by atoms with van der Waals surface area (Å²) < 4.78 is 0. The zero-order valence-electron chi connectivity index (χ0n) is 10.3. The molecule has 0 saturated carbocycles. The van der Waals surface area contributed by atoms with Gasteiger partial charge in [-0.2, -0.15) is 0 Å². The average molecular weight is 242 g/mol. The number of phenolic OH excluding ortho intramolecular Hbond substituents is 1. The van der Waals surface area contributed by atoms with E-state index in [2.05, 4.69) is 9.97 Å². The smallest absolute Gasteiger partial charge is 0.164 e. The largest absolute Gasteiger partial charge is 0.508 e. The first kappa shape index (κ1) is 11.0. The van der Waals surface area contributed by atoms with Crippen molar-refractivity contribution in [3.8, 4) is 5.75 Å². The summed E-state index contributed by atoms with van der Waals surface area (Å²) >= 11 is 0. The average Bonchev–Trinajstić information content (AvgIpc) is 2.94. The van der Waals surface area contributed by atoms with E-state index in [0.717, 1.165) is 27.9 Å². The maximum absolute atomic E-state index is 12.1.